The van der Waals surface area contributed by atoms with Crippen molar-refractivity contribution in [1.82, 2.24) is 14.7 Å². The highest BCUT2D eigenvalue weighted by molar-refractivity contribution is 6.01. The van der Waals surface area contributed by atoms with Gasteiger partial charge in [-0.1, -0.05) is 54.6 Å². The van der Waals surface area contributed by atoms with Gasteiger partial charge >= 0.3 is 0 Å². The zero-order valence-electron chi connectivity index (χ0n) is 18.5. The van der Waals surface area contributed by atoms with E-state index in [2.05, 4.69) is 22.5 Å². The summed E-state index contributed by atoms with van der Waals surface area (Å²) in [6.45, 7) is 1.27. The fourth-order valence-electron chi connectivity index (χ4n) is 4.21. The molecule has 6 heteroatoms. The molecule has 0 spiro atoms. The molecule has 1 aliphatic rings. The molecule has 1 amide bonds. The number of hydrogen-bond donors (Lipinski definition) is 1. The topological polar surface area (TPSA) is 59.4 Å². The number of carbonyl (C=O) groups excluding carboxylic acids is 1. The lowest BCUT2D eigenvalue weighted by Gasteiger charge is -2.37. The minimum absolute atomic E-state index is 0.0265. The van der Waals surface area contributed by atoms with E-state index in [0.717, 1.165) is 29.0 Å². The van der Waals surface area contributed by atoms with Crippen molar-refractivity contribution in [3.8, 4) is 5.75 Å². The highest BCUT2D eigenvalue weighted by Crippen LogP contribution is 2.33. The molecule has 33 heavy (non-hydrogen) atoms. The maximum absolute atomic E-state index is 13.5. The number of nitrogens with zero attached hydrogens (tertiary/aromatic N) is 3. The van der Waals surface area contributed by atoms with Gasteiger partial charge in [-0.2, -0.15) is 5.10 Å². The highest BCUT2D eigenvalue weighted by Gasteiger charge is 2.33. The van der Waals surface area contributed by atoms with Gasteiger partial charge in [-0.05, 0) is 41.8 Å². The summed E-state index contributed by atoms with van der Waals surface area (Å²) in [4.78, 5) is 15.4. The van der Waals surface area contributed by atoms with E-state index in [1.807, 2.05) is 88.7 Å². The Kier molecular flexibility index (Phi) is 5.81. The predicted molar refractivity (Wildman–Crippen MR) is 128 cm³/mol. The van der Waals surface area contributed by atoms with Crippen LogP contribution in [-0.2, 0) is 13.0 Å². The normalized spacial score (nSPS) is 15.1. The molecule has 1 aliphatic heterocycles. The van der Waals surface area contributed by atoms with Gasteiger partial charge in [0.15, 0.2) is 0 Å². The Hall–Kier alpha value is -4.06. The lowest BCUT2D eigenvalue weighted by molar-refractivity contribution is 0.0685. The smallest absolute Gasteiger partial charge is 0.257 e. The van der Waals surface area contributed by atoms with Gasteiger partial charge in [0.05, 0.1) is 25.4 Å². The van der Waals surface area contributed by atoms with Gasteiger partial charge in [0.2, 0.25) is 0 Å². The fraction of sp³-hybridized carbons (Fsp3) is 0.185. The summed E-state index contributed by atoms with van der Waals surface area (Å²) >= 11 is 0. The zero-order valence-corrected chi connectivity index (χ0v) is 18.5. The van der Waals surface area contributed by atoms with E-state index in [4.69, 9.17) is 4.74 Å². The molecule has 0 saturated heterocycles. The number of ether oxygens (including phenoxy) is 1. The second-order valence-electron chi connectivity index (χ2n) is 8.15. The van der Waals surface area contributed by atoms with E-state index in [1.165, 1.54) is 5.56 Å². The van der Waals surface area contributed by atoms with Gasteiger partial charge in [0, 0.05) is 24.0 Å². The summed E-state index contributed by atoms with van der Waals surface area (Å²) in [5.74, 6) is 0.853. The first-order valence-corrected chi connectivity index (χ1v) is 11.1. The molecule has 4 aromatic rings. The van der Waals surface area contributed by atoms with Crippen LogP contribution in [0.25, 0.3) is 0 Å². The molecule has 0 fully saturated rings. The molecule has 3 aromatic carbocycles. The van der Waals surface area contributed by atoms with Gasteiger partial charge in [-0.3, -0.25) is 9.48 Å². The Bertz CT molecular complexity index is 1230. The van der Waals surface area contributed by atoms with Crippen LogP contribution < -0.4 is 10.1 Å². The van der Waals surface area contributed by atoms with E-state index in [0.29, 0.717) is 18.7 Å². The first-order chi connectivity index (χ1) is 16.2. The van der Waals surface area contributed by atoms with Gasteiger partial charge in [0.25, 0.3) is 5.91 Å². The summed E-state index contributed by atoms with van der Waals surface area (Å²) in [7, 11) is 1.66. The van der Waals surface area contributed by atoms with Gasteiger partial charge in [0.1, 0.15) is 11.9 Å². The van der Waals surface area contributed by atoms with Crippen molar-refractivity contribution >= 4 is 11.6 Å². The number of amides is 1. The quantitative estimate of drug-likeness (QED) is 0.452. The molecule has 0 aliphatic carbocycles. The maximum Gasteiger partial charge on any atom is 0.257 e. The van der Waals surface area contributed by atoms with Crippen molar-refractivity contribution < 1.29 is 9.53 Å². The molecule has 1 aromatic heterocycles. The number of carbonyl (C=O) groups is 1. The van der Waals surface area contributed by atoms with Crippen molar-refractivity contribution in [3.05, 3.63) is 114 Å². The van der Waals surface area contributed by atoms with E-state index in [9.17, 15) is 4.79 Å². The molecular weight excluding hydrogens is 412 g/mol. The minimum Gasteiger partial charge on any atom is -0.497 e. The molecule has 0 unspecified atom stereocenters. The molecule has 1 atom stereocenters. The van der Waals surface area contributed by atoms with E-state index < -0.39 is 0 Å². The number of fused-ring (bicyclic) bond motifs is 1. The number of aromatic nitrogens is 2. The molecule has 166 valence electrons. The van der Waals surface area contributed by atoms with Crippen LogP contribution in [-0.4, -0.2) is 34.2 Å². The molecule has 0 saturated carbocycles. The summed E-state index contributed by atoms with van der Waals surface area (Å²) in [6.07, 6.45) is 4.33. The summed E-state index contributed by atoms with van der Waals surface area (Å²) in [6, 6.07) is 25.9. The Balaban J connectivity index is 1.40. The molecular formula is C27H26N4O2. The molecule has 0 bridgehead atoms. The average molecular weight is 439 g/mol. The second kappa shape index (κ2) is 9.20. The van der Waals surface area contributed by atoms with Crippen LogP contribution in [0.1, 0.15) is 33.2 Å². The molecule has 2 heterocycles. The molecule has 1 N–H and O–H groups in total. The van der Waals surface area contributed by atoms with Crippen molar-refractivity contribution in [2.75, 3.05) is 19.0 Å². The third-order valence-electron chi connectivity index (χ3n) is 5.98. The van der Waals surface area contributed by atoms with E-state index in [-0.39, 0.29) is 12.1 Å². The van der Waals surface area contributed by atoms with Crippen molar-refractivity contribution in [1.29, 1.82) is 0 Å². The van der Waals surface area contributed by atoms with Gasteiger partial charge in [-0.25, -0.2) is 0 Å². The number of para-hydroxylation sites is 1. The van der Waals surface area contributed by atoms with Crippen molar-refractivity contribution in [2.45, 2.75) is 19.1 Å². The number of nitrogens with one attached hydrogen (secondary N) is 1. The van der Waals surface area contributed by atoms with Crippen LogP contribution in [0.4, 0.5) is 5.69 Å². The van der Waals surface area contributed by atoms with Crippen molar-refractivity contribution in [3.63, 3.8) is 0 Å². The maximum atomic E-state index is 13.5. The van der Waals surface area contributed by atoms with Crippen LogP contribution in [0.5, 0.6) is 5.75 Å². The molecule has 0 radical (unpaired) electrons. The number of anilines is 1. The van der Waals surface area contributed by atoms with Gasteiger partial charge in [-0.15, -0.1) is 0 Å². The largest absolute Gasteiger partial charge is 0.497 e. The highest BCUT2D eigenvalue weighted by atomic mass is 16.5. The second-order valence-corrected chi connectivity index (χ2v) is 8.15. The van der Waals surface area contributed by atoms with Gasteiger partial charge < -0.3 is 15.0 Å². The predicted octanol–water partition coefficient (Wildman–Crippen LogP) is 4.75. The molecule has 6 nitrogen and oxygen atoms in total. The summed E-state index contributed by atoms with van der Waals surface area (Å²) in [5, 5.41) is 8.12. The minimum atomic E-state index is -0.282. The number of benzene rings is 3. The van der Waals surface area contributed by atoms with Crippen LogP contribution >= 0.6 is 0 Å². The fourth-order valence-corrected chi connectivity index (χ4v) is 4.21. The SMILES string of the molecule is COc1ccc(CCN2C(=O)c3ccccc3N[C@@H]2c2cnn(Cc3ccccc3)c2)cc1. The first kappa shape index (κ1) is 20.8. The Morgan fingerprint density at radius 3 is 2.48 bits per heavy atom. The number of hydrogen-bond acceptors (Lipinski definition) is 4. The van der Waals surface area contributed by atoms with Crippen LogP contribution in [0, 0.1) is 0 Å². The number of rotatable bonds is 7. The lowest BCUT2D eigenvalue weighted by atomic mass is 10.0. The third kappa shape index (κ3) is 4.46. The Morgan fingerprint density at radius 2 is 1.70 bits per heavy atom. The average Bonchev–Trinajstić information content (AvgIpc) is 3.32. The van der Waals surface area contributed by atoms with E-state index >= 15 is 0 Å². The third-order valence-corrected chi connectivity index (χ3v) is 5.98. The molecule has 5 rings (SSSR count). The summed E-state index contributed by atoms with van der Waals surface area (Å²) < 4.78 is 7.17. The number of methoxy groups -OCH3 is 1. The summed E-state index contributed by atoms with van der Waals surface area (Å²) in [5.41, 5.74) is 4.84. The van der Waals surface area contributed by atoms with Crippen LogP contribution in [0.2, 0.25) is 0 Å². The monoisotopic (exact) mass is 438 g/mol. The standard InChI is InChI=1S/C27H26N4O2/c1-33-23-13-11-20(12-14-23)15-16-31-26(29-25-10-6-5-9-24(25)27(31)32)22-17-28-30(19-22)18-21-7-3-2-4-8-21/h2-14,17,19,26,29H,15-16,18H2,1H3/t26-/m0/s1. The van der Waals surface area contributed by atoms with E-state index in [1.54, 1.807) is 7.11 Å². The van der Waals surface area contributed by atoms with Crippen LogP contribution in [0.3, 0.4) is 0 Å². The Labute approximate surface area is 193 Å². The lowest BCUT2D eigenvalue weighted by Crippen LogP contribution is -2.43. The zero-order chi connectivity index (χ0) is 22.6. The van der Waals surface area contributed by atoms with Crippen molar-refractivity contribution in [2.24, 2.45) is 0 Å². The first-order valence-electron chi connectivity index (χ1n) is 11.1. The Morgan fingerprint density at radius 1 is 0.939 bits per heavy atom. The van der Waals surface area contributed by atoms with Crippen LogP contribution in [0.15, 0.2) is 91.3 Å².